The highest BCUT2D eigenvalue weighted by Gasteiger charge is 2.09. The molecule has 0 fully saturated rings. The van der Waals surface area contributed by atoms with Gasteiger partial charge in [-0.1, -0.05) is 22.0 Å². The first-order valence-corrected chi connectivity index (χ1v) is 6.63. The first kappa shape index (κ1) is 11.9. The van der Waals surface area contributed by atoms with Crippen molar-refractivity contribution in [1.82, 2.24) is 9.97 Å². The van der Waals surface area contributed by atoms with Gasteiger partial charge in [-0.15, -0.1) is 0 Å². The van der Waals surface area contributed by atoms with Crippen LogP contribution in [0.5, 0.6) is 0 Å². The van der Waals surface area contributed by atoms with E-state index in [0.29, 0.717) is 5.56 Å². The van der Waals surface area contributed by atoms with Crippen LogP contribution in [0.3, 0.4) is 0 Å². The van der Waals surface area contributed by atoms with E-state index in [2.05, 4.69) is 38.0 Å². The molecule has 0 amide bonds. The number of hydrogen-bond donors (Lipinski definition) is 1. The molecule has 3 aromatic rings. The predicted octanol–water partition coefficient (Wildman–Crippen LogP) is 4.17. The van der Waals surface area contributed by atoms with Gasteiger partial charge in [0.25, 0.3) is 0 Å². The van der Waals surface area contributed by atoms with E-state index in [1.165, 1.54) is 0 Å². The second-order valence-electron chi connectivity index (χ2n) is 4.42. The third-order valence-corrected chi connectivity index (χ3v) is 3.41. The molecule has 0 aliphatic heterocycles. The number of benzene rings is 2. The zero-order valence-corrected chi connectivity index (χ0v) is 11.8. The number of halogens is 1. The number of fused-ring (bicyclic) bond motifs is 1. The monoisotopic (exact) mass is 311 g/mol. The fourth-order valence-electron chi connectivity index (χ4n) is 2.13. The van der Waals surface area contributed by atoms with E-state index in [9.17, 15) is 0 Å². The third kappa shape index (κ3) is 2.13. The molecule has 0 unspecified atom stereocenters. The van der Waals surface area contributed by atoms with Crippen molar-refractivity contribution in [2.75, 3.05) is 0 Å². The van der Waals surface area contributed by atoms with Crippen LogP contribution in [0.2, 0.25) is 0 Å². The molecular weight excluding hydrogens is 302 g/mol. The van der Waals surface area contributed by atoms with E-state index >= 15 is 0 Å². The predicted molar refractivity (Wildman–Crippen MR) is 78.7 cm³/mol. The highest BCUT2D eigenvalue weighted by Crippen LogP contribution is 2.26. The van der Waals surface area contributed by atoms with E-state index in [0.717, 1.165) is 32.5 Å². The number of aromatic nitrogens is 2. The lowest BCUT2D eigenvalue weighted by molar-refractivity contribution is 1.32. The summed E-state index contributed by atoms with van der Waals surface area (Å²) in [5, 5.41) is 9.09. The molecule has 1 N–H and O–H groups in total. The molecule has 0 aliphatic rings. The molecule has 0 atom stereocenters. The van der Waals surface area contributed by atoms with Crippen LogP contribution in [0, 0.1) is 18.3 Å². The molecule has 3 nitrogen and oxygen atoms in total. The molecule has 19 heavy (non-hydrogen) atoms. The SMILES string of the molecule is Cc1cc(Br)cc(-c2nc3c(C#N)cccc3[nH]2)c1. The molecule has 0 saturated heterocycles. The van der Waals surface area contributed by atoms with Gasteiger partial charge in [-0.2, -0.15) is 5.26 Å². The van der Waals surface area contributed by atoms with E-state index in [4.69, 9.17) is 5.26 Å². The van der Waals surface area contributed by atoms with E-state index in [-0.39, 0.29) is 0 Å². The molecule has 0 spiro atoms. The molecule has 0 aliphatic carbocycles. The van der Waals surface area contributed by atoms with Crippen molar-refractivity contribution in [1.29, 1.82) is 5.26 Å². The fraction of sp³-hybridized carbons (Fsp3) is 0.0667. The molecular formula is C15H10BrN3. The fourth-order valence-corrected chi connectivity index (χ4v) is 2.74. The smallest absolute Gasteiger partial charge is 0.138 e. The Kier molecular flexibility index (Phi) is 2.84. The summed E-state index contributed by atoms with van der Waals surface area (Å²) in [5.74, 6) is 0.780. The lowest BCUT2D eigenvalue weighted by Crippen LogP contribution is -1.82. The lowest BCUT2D eigenvalue weighted by atomic mass is 10.1. The van der Waals surface area contributed by atoms with Crippen molar-refractivity contribution >= 4 is 27.0 Å². The zero-order chi connectivity index (χ0) is 13.4. The average Bonchev–Trinajstić information content (AvgIpc) is 2.81. The first-order valence-electron chi connectivity index (χ1n) is 5.84. The number of nitrogens with zero attached hydrogens (tertiary/aromatic N) is 2. The van der Waals surface area contributed by atoms with Gasteiger partial charge >= 0.3 is 0 Å². The van der Waals surface area contributed by atoms with E-state index < -0.39 is 0 Å². The molecule has 0 saturated carbocycles. The van der Waals surface area contributed by atoms with Gasteiger partial charge in [-0.25, -0.2) is 4.98 Å². The van der Waals surface area contributed by atoms with Crippen LogP contribution in [0.25, 0.3) is 22.4 Å². The number of aryl methyl sites for hydroxylation is 1. The van der Waals surface area contributed by atoms with Crippen molar-refractivity contribution in [2.45, 2.75) is 6.92 Å². The number of para-hydroxylation sites is 1. The Hall–Kier alpha value is -2.12. The van der Waals surface area contributed by atoms with Crippen LogP contribution in [0.15, 0.2) is 40.9 Å². The van der Waals surface area contributed by atoms with Crippen LogP contribution in [0.1, 0.15) is 11.1 Å². The zero-order valence-electron chi connectivity index (χ0n) is 10.2. The summed E-state index contributed by atoms with van der Waals surface area (Å²) in [7, 11) is 0. The van der Waals surface area contributed by atoms with Crippen molar-refractivity contribution < 1.29 is 0 Å². The highest BCUT2D eigenvalue weighted by atomic mass is 79.9. The Labute approximate surface area is 119 Å². The van der Waals surface area contributed by atoms with Gasteiger partial charge in [0.05, 0.1) is 11.1 Å². The average molecular weight is 312 g/mol. The summed E-state index contributed by atoms with van der Waals surface area (Å²) in [6.45, 7) is 2.04. The van der Waals surface area contributed by atoms with Crippen LogP contribution >= 0.6 is 15.9 Å². The summed E-state index contributed by atoms with van der Waals surface area (Å²) in [6.07, 6.45) is 0. The molecule has 0 bridgehead atoms. The number of hydrogen-bond acceptors (Lipinski definition) is 2. The summed E-state index contributed by atoms with van der Waals surface area (Å²) >= 11 is 3.49. The number of aromatic amines is 1. The van der Waals surface area contributed by atoms with Gasteiger partial charge < -0.3 is 4.98 Å². The highest BCUT2D eigenvalue weighted by molar-refractivity contribution is 9.10. The Bertz CT molecular complexity index is 792. The van der Waals surface area contributed by atoms with Crippen LogP contribution in [-0.4, -0.2) is 9.97 Å². The summed E-state index contributed by atoms with van der Waals surface area (Å²) < 4.78 is 1.02. The number of H-pyrrole nitrogens is 1. The first-order chi connectivity index (χ1) is 9.17. The van der Waals surface area contributed by atoms with Gasteiger partial charge in [-0.3, -0.25) is 0 Å². The van der Waals surface area contributed by atoms with Gasteiger partial charge in [0.15, 0.2) is 0 Å². The molecule has 2 aromatic carbocycles. The number of imidazole rings is 1. The Morgan fingerprint density at radius 2 is 2.11 bits per heavy atom. The van der Waals surface area contributed by atoms with Gasteiger partial charge in [0.2, 0.25) is 0 Å². The van der Waals surface area contributed by atoms with Gasteiger partial charge in [-0.05, 0) is 42.8 Å². The Balaban J connectivity index is 2.24. The topological polar surface area (TPSA) is 52.5 Å². The van der Waals surface area contributed by atoms with Crippen LogP contribution in [-0.2, 0) is 0 Å². The van der Waals surface area contributed by atoms with Crippen molar-refractivity contribution in [3.05, 3.63) is 52.0 Å². The van der Waals surface area contributed by atoms with Crippen LogP contribution < -0.4 is 0 Å². The summed E-state index contributed by atoms with van der Waals surface area (Å²) in [5.41, 5.74) is 4.35. The van der Waals surface area contributed by atoms with E-state index in [1.54, 1.807) is 6.07 Å². The van der Waals surface area contributed by atoms with Gasteiger partial charge in [0, 0.05) is 10.0 Å². The number of rotatable bonds is 1. The second kappa shape index (κ2) is 4.52. The minimum Gasteiger partial charge on any atom is -0.338 e. The van der Waals surface area contributed by atoms with Crippen molar-refractivity contribution in [3.63, 3.8) is 0 Å². The number of nitrogens with one attached hydrogen (secondary N) is 1. The minimum atomic E-state index is 0.590. The second-order valence-corrected chi connectivity index (χ2v) is 5.33. The lowest BCUT2D eigenvalue weighted by Gasteiger charge is -2.00. The minimum absolute atomic E-state index is 0.590. The largest absolute Gasteiger partial charge is 0.338 e. The molecule has 1 aromatic heterocycles. The molecule has 3 rings (SSSR count). The van der Waals surface area contributed by atoms with Crippen molar-refractivity contribution in [3.8, 4) is 17.5 Å². The molecule has 92 valence electrons. The number of nitriles is 1. The molecule has 0 radical (unpaired) electrons. The maximum Gasteiger partial charge on any atom is 0.138 e. The Morgan fingerprint density at radius 3 is 2.84 bits per heavy atom. The molecule has 1 heterocycles. The summed E-state index contributed by atoms with van der Waals surface area (Å²) in [6, 6.07) is 13.9. The maximum atomic E-state index is 9.09. The van der Waals surface area contributed by atoms with Gasteiger partial charge in [0.1, 0.15) is 17.4 Å². The van der Waals surface area contributed by atoms with Crippen molar-refractivity contribution in [2.24, 2.45) is 0 Å². The summed E-state index contributed by atoms with van der Waals surface area (Å²) in [4.78, 5) is 7.80. The standard InChI is InChI=1S/C15H10BrN3/c1-9-5-11(7-12(16)6-9)15-18-13-4-2-3-10(8-17)14(13)19-15/h2-7H,1H3,(H,18,19). The quantitative estimate of drug-likeness (QED) is 0.733. The maximum absolute atomic E-state index is 9.09. The van der Waals surface area contributed by atoms with Crippen LogP contribution in [0.4, 0.5) is 0 Å². The van der Waals surface area contributed by atoms with E-state index in [1.807, 2.05) is 31.2 Å². The third-order valence-electron chi connectivity index (χ3n) is 2.95. The Morgan fingerprint density at radius 1 is 1.26 bits per heavy atom. The molecule has 4 heteroatoms. The normalized spacial score (nSPS) is 10.6.